The molecule has 112 valence electrons. The number of carboxylic acids is 1. The predicted octanol–water partition coefficient (Wildman–Crippen LogP) is 1.96. The number of carboxylic acid groups (broad SMARTS) is 1. The molecular formula is C16H20N2O3. The fourth-order valence-corrected chi connectivity index (χ4v) is 3.40. The summed E-state index contributed by atoms with van der Waals surface area (Å²) in [5.74, 6) is -1.54. The molecule has 1 aliphatic carbocycles. The van der Waals surface area contributed by atoms with Gasteiger partial charge in [-0.3, -0.25) is 9.59 Å². The highest BCUT2D eigenvalue weighted by atomic mass is 16.4. The number of rotatable bonds is 3. The highest BCUT2D eigenvalue weighted by molar-refractivity contribution is 5.88. The number of para-hydroxylation sites is 1. The first-order valence-electron chi connectivity index (χ1n) is 7.53. The molecule has 5 nitrogen and oxygen atoms in total. The van der Waals surface area contributed by atoms with Crippen LogP contribution in [-0.2, 0) is 9.59 Å². The second-order valence-corrected chi connectivity index (χ2v) is 5.87. The van der Waals surface area contributed by atoms with Gasteiger partial charge in [-0.05, 0) is 24.5 Å². The summed E-state index contributed by atoms with van der Waals surface area (Å²) in [7, 11) is 0. The van der Waals surface area contributed by atoms with Gasteiger partial charge in [-0.15, -0.1) is 0 Å². The normalized spacial score (nSPS) is 27.5. The summed E-state index contributed by atoms with van der Waals surface area (Å²) in [6, 6.07) is 7.54. The average molecular weight is 288 g/mol. The van der Waals surface area contributed by atoms with Crippen LogP contribution in [-0.4, -0.2) is 29.6 Å². The third kappa shape index (κ3) is 2.73. The van der Waals surface area contributed by atoms with Gasteiger partial charge in [0.1, 0.15) is 0 Å². The van der Waals surface area contributed by atoms with E-state index in [2.05, 4.69) is 10.6 Å². The smallest absolute Gasteiger partial charge is 0.308 e. The molecule has 0 aromatic heterocycles. The molecule has 1 aromatic carbocycles. The molecule has 1 aromatic rings. The van der Waals surface area contributed by atoms with E-state index in [0.29, 0.717) is 13.0 Å². The van der Waals surface area contributed by atoms with Gasteiger partial charge in [-0.25, -0.2) is 0 Å². The molecule has 3 rings (SSSR count). The fourth-order valence-electron chi connectivity index (χ4n) is 3.40. The lowest BCUT2D eigenvalue weighted by atomic mass is 9.84. The van der Waals surface area contributed by atoms with Crippen molar-refractivity contribution in [2.75, 3.05) is 11.9 Å². The van der Waals surface area contributed by atoms with Crippen LogP contribution in [0.25, 0.3) is 0 Å². The van der Waals surface area contributed by atoms with Crippen LogP contribution in [0.1, 0.15) is 37.2 Å². The van der Waals surface area contributed by atoms with E-state index in [1.165, 1.54) is 0 Å². The maximum atomic E-state index is 12.5. The van der Waals surface area contributed by atoms with E-state index in [9.17, 15) is 14.7 Å². The summed E-state index contributed by atoms with van der Waals surface area (Å²) in [5, 5.41) is 15.5. The zero-order valence-electron chi connectivity index (χ0n) is 11.8. The Kier molecular flexibility index (Phi) is 3.82. The van der Waals surface area contributed by atoms with E-state index in [-0.39, 0.29) is 17.9 Å². The number of fused-ring (bicyclic) bond motifs is 1. The summed E-state index contributed by atoms with van der Waals surface area (Å²) < 4.78 is 0. The van der Waals surface area contributed by atoms with Crippen molar-refractivity contribution in [3.8, 4) is 0 Å². The summed E-state index contributed by atoms with van der Waals surface area (Å²) >= 11 is 0. The lowest BCUT2D eigenvalue weighted by Gasteiger charge is -2.30. The maximum Gasteiger partial charge on any atom is 0.308 e. The van der Waals surface area contributed by atoms with Gasteiger partial charge in [0, 0.05) is 18.3 Å². The van der Waals surface area contributed by atoms with E-state index in [0.717, 1.165) is 30.5 Å². The molecule has 0 saturated heterocycles. The minimum absolute atomic E-state index is 0.0643. The number of carbonyl (C=O) groups is 2. The minimum atomic E-state index is -0.801. The largest absolute Gasteiger partial charge is 0.481 e. The van der Waals surface area contributed by atoms with Crippen molar-refractivity contribution in [3.05, 3.63) is 29.8 Å². The molecule has 1 aliphatic heterocycles. The van der Waals surface area contributed by atoms with Gasteiger partial charge in [0.15, 0.2) is 0 Å². The number of nitrogens with one attached hydrogen (secondary N) is 2. The van der Waals surface area contributed by atoms with Crippen molar-refractivity contribution in [2.24, 2.45) is 5.92 Å². The fraction of sp³-hybridized carbons (Fsp3) is 0.500. The number of aliphatic carboxylic acids is 1. The van der Waals surface area contributed by atoms with Crippen molar-refractivity contribution in [1.29, 1.82) is 0 Å². The van der Waals surface area contributed by atoms with E-state index < -0.39 is 11.9 Å². The van der Waals surface area contributed by atoms with Crippen molar-refractivity contribution in [1.82, 2.24) is 5.32 Å². The van der Waals surface area contributed by atoms with Crippen LogP contribution in [0.3, 0.4) is 0 Å². The SMILES string of the molecule is O=C(N[C@H]1CCCC[C@H]1C(=O)O)C1CNc2ccccc21. The Morgan fingerprint density at radius 1 is 1.19 bits per heavy atom. The molecule has 3 atom stereocenters. The third-order valence-corrected chi connectivity index (χ3v) is 4.56. The van der Waals surface area contributed by atoms with Gasteiger partial charge in [-0.1, -0.05) is 31.0 Å². The highest BCUT2D eigenvalue weighted by Crippen LogP contribution is 2.32. The van der Waals surface area contributed by atoms with Gasteiger partial charge in [-0.2, -0.15) is 0 Å². The van der Waals surface area contributed by atoms with Crippen LogP contribution in [0.4, 0.5) is 5.69 Å². The van der Waals surface area contributed by atoms with Crippen LogP contribution in [0.2, 0.25) is 0 Å². The molecule has 2 aliphatic rings. The van der Waals surface area contributed by atoms with Crippen LogP contribution in [0.5, 0.6) is 0 Å². The summed E-state index contributed by atoms with van der Waals surface area (Å²) in [6.45, 7) is 0.579. The zero-order chi connectivity index (χ0) is 14.8. The third-order valence-electron chi connectivity index (χ3n) is 4.56. The monoisotopic (exact) mass is 288 g/mol. The predicted molar refractivity (Wildman–Crippen MR) is 79.2 cm³/mol. The first-order valence-corrected chi connectivity index (χ1v) is 7.53. The average Bonchev–Trinajstić information content (AvgIpc) is 2.91. The molecule has 5 heteroatoms. The van der Waals surface area contributed by atoms with Gasteiger partial charge in [0.05, 0.1) is 11.8 Å². The molecule has 1 unspecified atom stereocenters. The lowest BCUT2D eigenvalue weighted by Crippen LogP contribution is -2.46. The topological polar surface area (TPSA) is 78.4 Å². The Morgan fingerprint density at radius 2 is 1.95 bits per heavy atom. The van der Waals surface area contributed by atoms with E-state index in [4.69, 9.17) is 0 Å². The second kappa shape index (κ2) is 5.76. The number of hydrogen-bond donors (Lipinski definition) is 3. The molecule has 3 N–H and O–H groups in total. The molecule has 1 fully saturated rings. The van der Waals surface area contributed by atoms with Crippen LogP contribution < -0.4 is 10.6 Å². The molecule has 1 saturated carbocycles. The van der Waals surface area contributed by atoms with Crippen LogP contribution in [0.15, 0.2) is 24.3 Å². The number of benzene rings is 1. The minimum Gasteiger partial charge on any atom is -0.481 e. The molecule has 0 radical (unpaired) electrons. The Labute approximate surface area is 123 Å². The van der Waals surface area contributed by atoms with Crippen LogP contribution in [0, 0.1) is 5.92 Å². The van der Waals surface area contributed by atoms with Crippen molar-refractivity contribution in [3.63, 3.8) is 0 Å². The first kappa shape index (κ1) is 13.9. The quantitative estimate of drug-likeness (QED) is 0.794. The van der Waals surface area contributed by atoms with E-state index in [1.54, 1.807) is 0 Å². The van der Waals surface area contributed by atoms with Gasteiger partial charge >= 0.3 is 5.97 Å². The summed E-state index contributed by atoms with van der Waals surface area (Å²) in [4.78, 5) is 23.8. The molecule has 1 amide bonds. The number of amides is 1. The van der Waals surface area contributed by atoms with Gasteiger partial charge in [0.25, 0.3) is 0 Å². The second-order valence-electron chi connectivity index (χ2n) is 5.87. The van der Waals surface area contributed by atoms with Gasteiger partial charge < -0.3 is 15.7 Å². The molecular weight excluding hydrogens is 268 g/mol. The Hall–Kier alpha value is -2.04. The maximum absolute atomic E-state index is 12.5. The van der Waals surface area contributed by atoms with Crippen molar-refractivity contribution < 1.29 is 14.7 Å². The highest BCUT2D eigenvalue weighted by Gasteiger charge is 2.35. The number of anilines is 1. The molecule has 0 bridgehead atoms. The van der Waals surface area contributed by atoms with Crippen LogP contribution >= 0.6 is 0 Å². The Bertz CT molecular complexity index is 558. The Balaban J connectivity index is 1.70. The van der Waals surface area contributed by atoms with Gasteiger partial charge in [0.2, 0.25) is 5.91 Å². The number of carbonyl (C=O) groups excluding carboxylic acids is 1. The zero-order valence-corrected chi connectivity index (χ0v) is 11.8. The molecule has 21 heavy (non-hydrogen) atoms. The van der Waals surface area contributed by atoms with E-state index in [1.807, 2.05) is 24.3 Å². The first-order chi connectivity index (χ1) is 10.2. The summed E-state index contributed by atoms with van der Waals surface area (Å²) in [6.07, 6.45) is 3.32. The lowest BCUT2D eigenvalue weighted by molar-refractivity contribution is -0.144. The standard InChI is InChI=1S/C16H20N2O3/c19-15(12-9-17-13-7-3-1-5-10(12)13)18-14-8-4-2-6-11(14)16(20)21/h1,3,5,7,11-12,14,17H,2,4,6,8-9H2,(H,18,19)(H,20,21)/t11-,12?,14+/m1/s1. The van der Waals surface area contributed by atoms with Crippen molar-refractivity contribution >= 4 is 17.6 Å². The Morgan fingerprint density at radius 3 is 2.76 bits per heavy atom. The molecule has 0 spiro atoms. The van der Waals surface area contributed by atoms with E-state index >= 15 is 0 Å². The molecule has 1 heterocycles. The van der Waals surface area contributed by atoms with Crippen molar-refractivity contribution in [2.45, 2.75) is 37.6 Å². The summed E-state index contributed by atoms with van der Waals surface area (Å²) in [5.41, 5.74) is 1.99. The number of hydrogen-bond acceptors (Lipinski definition) is 3.